The summed E-state index contributed by atoms with van der Waals surface area (Å²) < 4.78 is 30.3. The summed E-state index contributed by atoms with van der Waals surface area (Å²) >= 11 is 0. The molecule has 1 atom stereocenters. The third kappa shape index (κ3) is 1.57. The summed E-state index contributed by atoms with van der Waals surface area (Å²) in [4.78, 5) is -1.63. The van der Waals surface area contributed by atoms with Crippen LogP contribution >= 0.6 is 0 Å². The summed E-state index contributed by atoms with van der Waals surface area (Å²) in [5, 5.41) is 0. The first-order valence-electron chi connectivity index (χ1n) is 3.47. The normalized spacial score (nSPS) is 30.1. The number of allylic oxidation sites excluding steroid dienone is 2. The summed E-state index contributed by atoms with van der Waals surface area (Å²) in [5.41, 5.74) is 6.37. The highest BCUT2D eigenvalue weighted by Gasteiger charge is 2.36. The molecule has 68 valence electrons. The molecule has 0 heterocycles. The molecule has 5 heteroatoms. The van der Waals surface area contributed by atoms with Gasteiger partial charge in [0.15, 0.2) is 4.87 Å². The van der Waals surface area contributed by atoms with Crippen LogP contribution in [-0.2, 0) is 10.1 Å². The minimum atomic E-state index is -4.20. The lowest BCUT2D eigenvalue weighted by Gasteiger charge is -2.23. The van der Waals surface area contributed by atoms with E-state index in [0.717, 1.165) is 5.57 Å². The Morgan fingerprint density at radius 3 is 2.58 bits per heavy atom. The summed E-state index contributed by atoms with van der Waals surface area (Å²) in [6.07, 6.45) is 4.68. The van der Waals surface area contributed by atoms with Gasteiger partial charge < -0.3 is 5.73 Å². The molecule has 0 spiro atoms. The molecule has 0 aromatic carbocycles. The molecule has 0 fully saturated rings. The smallest absolute Gasteiger partial charge is 0.287 e. The second-order valence-corrected chi connectivity index (χ2v) is 4.63. The molecule has 0 bridgehead atoms. The van der Waals surface area contributed by atoms with Gasteiger partial charge in [0.2, 0.25) is 0 Å². The van der Waals surface area contributed by atoms with Gasteiger partial charge in [0.1, 0.15) is 0 Å². The van der Waals surface area contributed by atoms with Crippen LogP contribution in [0.4, 0.5) is 0 Å². The Balaban J connectivity index is 3.02. The van der Waals surface area contributed by atoms with Crippen LogP contribution in [0.25, 0.3) is 0 Å². The topological polar surface area (TPSA) is 80.4 Å². The molecule has 0 aromatic rings. The zero-order valence-corrected chi connectivity index (χ0v) is 7.50. The van der Waals surface area contributed by atoms with E-state index >= 15 is 0 Å². The van der Waals surface area contributed by atoms with Crippen LogP contribution in [0.2, 0.25) is 0 Å². The molecule has 0 radical (unpaired) electrons. The van der Waals surface area contributed by atoms with Gasteiger partial charge in [0.05, 0.1) is 0 Å². The van der Waals surface area contributed by atoms with Crippen LogP contribution in [0.15, 0.2) is 23.8 Å². The Kier molecular flexibility index (Phi) is 2.11. The fourth-order valence-electron chi connectivity index (χ4n) is 0.920. The molecule has 4 nitrogen and oxygen atoms in total. The maximum Gasteiger partial charge on any atom is 0.287 e. The zero-order chi connectivity index (χ0) is 9.41. The predicted molar refractivity (Wildman–Crippen MR) is 46.0 cm³/mol. The van der Waals surface area contributed by atoms with Gasteiger partial charge >= 0.3 is 0 Å². The second-order valence-electron chi connectivity index (χ2n) is 2.92. The first kappa shape index (κ1) is 9.44. The minimum absolute atomic E-state index is 0.119. The van der Waals surface area contributed by atoms with Crippen LogP contribution in [0, 0.1) is 0 Å². The number of nitrogens with two attached hydrogens (primary N) is 1. The lowest BCUT2D eigenvalue weighted by atomic mass is 10.0. The molecule has 0 aromatic heterocycles. The van der Waals surface area contributed by atoms with Crippen molar-refractivity contribution >= 4 is 10.1 Å². The van der Waals surface area contributed by atoms with Crippen LogP contribution in [0.1, 0.15) is 13.3 Å². The monoisotopic (exact) mass is 189 g/mol. The van der Waals surface area contributed by atoms with Gasteiger partial charge in [-0.3, -0.25) is 4.55 Å². The first-order valence-corrected chi connectivity index (χ1v) is 4.91. The van der Waals surface area contributed by atoms with E-state index in [2.05, 4.69) is 0 Å². The van der Waals surface area contributed by atoms with E-state index in [1.165, 1.54) is 6.08 Å². The molecule has 3 N–H and O–H groups in total. The summed E-state index contributed by atoms with van der Waals surface area (Å²) in [6.45, 7) is 1.83. The van der Waals surface area contributed by atoms with Gasteiger partial charge in [-0.25, -0.2) is 0 Å². The first-order chi connectivity index (χ1) is 5.35. The van der Waals surface area contributed by atoms with Crippen molar-refractivity contribution in [2.45, 2.75) is 18.2 Å². The van der Waals surface area contributed by atoms with E-state index in [1.54, 1.807) is 12.2 Å². The largest absolute Gasteiger partial charge is 0.307 e. The molecule has 1 aliphatic carbocycles. The van der Waals surface area contributed by atoms with E-state index in [-0.39, 0.29) is 6.42 Å². The van der Waals surface area contributed by atoms with E-state index in [9.17, 15) is 8.42 Å². The highest BCUT2D eigenvalue weighted by atomic mass is 32.2. The average Bonchev–Trinajstić information content (AvgIpc) is 1.93. The average molecular weight is 189 g/mol. The van der Waals surface area contributed by atoms with Crippen molar-refractivity contribution in [2.75, 3.05) is 0 Å². The number of hydrogen-bond donors (Lipinski definition) is 2. The lowest BCUT2D eigenvalue weighted by Crippen LogP contribution is -2.46. The zero-order valence-electron chi connectivity index (χ0n) is 6.69. The second kappa shape index (κ2) is 2.69. The molecule has 1 rings (SSSR count). The molecular weight excluding hydrogens is 178 g/mol. The maximum absolute atomic E-state index is 10.8. The Bertz CT molecular complexity index is 342. The highest BCUT2D eigenvalue weighted by Crippen LogP contribution is 2.22. The molecule has 0 amide bonds. The lowest BCUT2D eigenvalue weighted by molar-refractivity contribution is 0.447. The predicted octanol–water partition coefficient (Wildman–Crippen LogP) is 0.435. The van der Waals surface area contributed by atoms with E-state index < -0.39 is 15.0 Å². The molecule has 0 aliphatic heterocycles. The maximum atomic E-state index is 10.8. The van der Waals surface area contributed by atoms with Crippen LogP contribution < -0.4 is 5.73 Å². The fourth-order valence-corrected chi connectivity index (χ4v) is 1.45. The highest BCUT2D eigenvalue weighted by molar-refractivity contribution is 7.87. The quantitative estimate of drug-likeness (QED) is 0.586. The molecule has 0 saturated heterocycles. The van der Waals surface area contributed by atoms with E-state index in [0.29, 0.717) is 0 Å². The van der Waals surface area contributed by atoms with Crippen molar-refractivity contribution in [3.8, 4) is 0 Å². The Labute approximate surface area is 71.5 Å². The molecular formula is C7H11NO3S. The molecule has 1 unspecified atom stereocenters. The fraction of sp³-hybridized carbons (Fsp3) is 0.429. The SMILES string of the molecule is CC1=CCC(N)(S(=O)(=O)O)C=C1. The third-order valence-corrected chi connectivity index (χ3v) is 3.11. The number of rotatable bonds is 1. The van der Waals surface area contributed by atoms with Crippen molar-refractivity contribution in [1.29, 1.82) is 0 Å². The van der Waals surface area contributed by atoms with E-state index in [1.807, 2.05) is 6.92 Å². The molecule has 0 saturated carbocycles. The van der Waals surface area contributed by atoms with Crippen LogP contribution in [0.3, 0.4) is 0 Å². The van der Waals surface area contributed by atoms with Crippen molar-refractivity contribution in [1.82, 2.24) is 0 Å². The van der Waals surface area contributed by atoms with Gasteiger partial charge in [-0.15, -0.1) is 0 Å². The van der Waals surface area contributed by atoms with E-state index in [4.69, 9.17) is 10.3 Å². The summed E-state index contributed by atoms with van der Waals surface area (Å²) in [7, 11) is -4.20. The molecule has 12 heavy (non-hydrogen) atoms. The third-order valence-electron chi connectivity index (χ3n) is 1.85. The van der Waals surface area contributed by atoms with Crippen molar-refractivity contribution < 1.29 is 13.0 Å². The molecule has 1 aliphatic rings. The number of hydrogen-bond acceptors (Lipinski definition) is 3. The summed E-state index contributed by atoms with van der Waals surface area (Å²) in [6, 6.07) is 0. The van der Waals surface area contributed by atoms with Gasteiger partial charge in [-0.2, -0.15) is 8.42 Å². The minimum Gasteiger partial charge on any atom is -0.307 e. The Morgan fingerprint density at radius 2 is 2.25 bits per heavy atom. The van der Waals surface area contributed by atoms with Gasteiger partial charge in [0.25, 0.3) is 10.1 Å². The van der Waals surface area contributed by atoms with Gasteiger partial charge in [-0.05, 0) is 13.0 Å². The van der Waals surface area contributed by atoms with Crippen molar-refractivity contribution in [3.63, 3.8) is 0 Å². The Hall–Kier alpha value is -0.650. The van der Waals surface area contributed by atoms with Gasteiger partial charge in [-0.1, -0.05) is 17.7 Å². The van der Waals surface area contributed by atoms with Crippen LogP contribution in [-0.4, -0.2) is 17.8 Å². The summed E-state index contributed by atoms with van der Waals surface area (Å²) in [5.74, 6) is 0. The standard InChI is InChI=1S/C7H11NO3S/c1-6-2-4-7(8,5-3-6)12(9,10)11/h2-4H,5,8H2,1H3,(H,9,10,11). The van der Waals surface area contributed by atoms with Crippen LogP contribution in [0.5, 0.6) is 0 Å². The van der Waals surface area contributed by atoms with Crippen molar-refractivity contribution in [3.05, 3.63) is 23.8 Å². The Morgan fingerprint density at radius 1 is 1.67 bits per heavy atom. The van der Waals surface area contributed by atoms with Gasteiger partial charge in [0, 0.05) is 6.42 Å². The van der Waals surface area contributed by atoms with Crippen molar-refractivity contribution in [2.24, 2.45) is 5.73 Å².